The molecule has 2 aromatic rings. The van der Waals surface area contributed by atoms with Crippen LogP contribution in [0.15, 0.2) is 34.8 Å². The lowest BCUT2D eigenvalue weighted by atomic mass is 9.93. The number of primary amides is 1. The van der Waals surface area contributed by atoms with Crippen LogP contribution in [0.3, 0.4) is 0 Å². The summed E-state index contributed by atoms with van der Waals surface area (Å²) in [5.74, 6) is -0.318. The molecule has 1 amide bonds. The minimum absolute atomic E-state index is 0.318. The van der Waals surface area contributed by atoms with Crippen LogP contribution in [0, 0.1) is 0 Å². The Bertz CT molecular complexity index is 976. The molecule has 2 N–H and O–H groups in total. The molecule has 0 spiro atoms. The number of hydrogen-bond donors (Lipinski definition) is 1. The Kier molecular flexibility index (Phi) is 3.59. The second-order valence-electron chi connectivity index (χ2n) is 8.13. The van der Waals surface area contributed by atoms with Crippen molar-refractivity contribution in [2.75, 3.05) is 0 Å². The van der Waals surface area contributed by atoms with Crippen LogP contribution in [-0.2, 0) is 6.42 Å². The van der Waals surface area contributed by atoms with E-state index in [2.05, 4.69) is 78.5 Å². The van der Waals surface area contributed by atoms with Gasteiger partial charge < -0.3 is 5.73 Å². The summed E-state index contributed by atoms with van der Waals surface area (Å²) in [5.41, 5.74) is 11.4. The monoisotopic (exact) mass is 427 g/mol. The average molecular weight is 428 g/mol. The van der Waals surface area contributed by atoms with Gasteiger partial charge in [-0.3, -0.25) is 4.79 Å². The number of amides is 1. The van der Waals surface area contributed by atoms with E-state index in [1.165, 1.54) is 26.0 Å². The molecule has 2 bridgehead atoms. The summed E-state index contributed by atoms with van der Waals surface area (Å²) in [6, 6.07) is 8.52. The first-order valence-electron chi connectivity index (χ1n) is 8.64. The van der Waals surface area contributed by atoms with E-state index in [0.717, 1.165) is 17.5 Å². The highest BCUT2D eigenvalue weighted by molar-refractivity contribution is 9.11. The van der Waals surface area contributed by atoms with Gasteiger partial charge in [0.15, 0.2) is 0 Å². The van der Waals surface area contributed by atoms with E-state index in [1.54, 1.807) is 0 Å². The summed E-state index contributed by atoms with van der Waals surface area (Å²) in [7, 11) is -3.35. The zero-order valence-corrected chi connectivity index (χ0v) is 18.6. The van der Waals surface area contributed by atoms with Crippen molar-refractivity contribution < 1.29 is 4.79 Å². The molecular formula is C20H22BrNOSi2. The van der Waals surface area contributed by atoms with Crippen molar-refractivity contribution in [1.82, 2.24) is 0 Å². The van der Waals surface area contributed by atoms with Gasteiger partial charge in [-0.15, -0.1) is 0 Å². The fourth-order valence-corrected chi connectivity index (χ4v) is 18.1. The van der Waals surface area contributed by atoms with Crippen LogP contribution in [0.25, 0.3) is 17.2 Å². The van der Waals surface area contributed by atoms with E-state index >= 15 is 0 Å². The first-order valence-corrected chi connectivity index (χ1v) is 16.4. The zero-order chi connectivity index (χ0) is 18.1. The van der Waals surface area contributed by atoms with E-state index in [1.807, 2.05) is 0 Å². The molecule has 1 aliphatic heterocycles. The average Bonchev–Trinajstić information content (AvgIpc) is 3.03. The minimum atomic E-state index is -1.71. The molecule has 0 saturated carbocycles. The van der Waals surface area contributed by atoms with Crippen molar-refractivity contribution in [3.63, 3.8) is 0 Å². The number of halogens is 1. The van der Waals surface area contributed by atoms with Gasteiger partial charge in [0.05, 0.1) is 15.2 Å². The van der Waals surface area contributed by atoms with Crippen LogP contribution in [0.1, 0.15) is 21.5 Å². The fourth-order valence-electron chi connectivity index (χ4n) is 4.33. The first-order chi connectivity index (χ1) is 11.7. The number of rotatable bonds is 2. The predicted octanol–water partition coefficient (Wildman–Crippen LogP) is 3.71. The Morgan fingerprint density at radius 1 is 1.16 bits per heavy atom. The molecule has 4 rings (SSSR count). The molecule has 2 nitrogen and oxygen atoms in total. The molecule has 2 aliphatic rings. The van der Waals surface area contributed by atoms with Crippen LogP contribution >= 0.6 is 15.9 Å². The van der Waals surface area contributed by atoms with Gasteiger partial charge in [0.2, 0.25) is 5.91 Å². The van der Waals surface area contributed by atoms with Crippen LogP contribution in [0.4, 0.5) is 0 Å². The van der Waals surface area contributed by atoms with Crippen molar-refractivity contribution in [3.8, 4) is 11.1 Å². The van der Waals surface area contributed by atoms with E-state index < -0.39 is 15.2 Å². The molecule has 0 radical (unpaired) electrons. The van der Waals surface area contributed by atoms with Gasteiger partial charge in [-0.1, -0.05) is 72.5 Å². The largest absolute Gasteiger partial charge is 0.366 e. The molecule has 2 aromatic carbocycles. The standard InChI is InChI=1S/C20H22BrNOSi2/c1-24(2)16-11-15(20(22)23)17(19(18(16)21)25(24,3)4)14-10-6-8-12-7-5-9-13(12)14/h5-6,8-11H,7H2,1-4H3,(H2,22,23). The third-order valence-electron chi connectivity index (χ3n) is 6.48. The SMILES string of the molecule is C[Si]1(C)c2cc(C(N)=O)c(-c3cccc4c3C=CC4)c(c2Br)[Si]1(C)C. The zero-order valence-electron chi connectivity index (χ0n) is 15.0. The second-order valence-corrected chi connectivity index (χ2v) is 24.0. The summed E-state index contributed by atoms with van der Waals surface area (Å²) >= 11 is 3.90. The Morgan fingerprint density at radius 3 is 2.56 bits per heavy atom. The summed E-state index contributed by atoms with van der Waals surface area (Å²) in [6.07, 6.45) is 5.35. The predicted molar refractivity (Wildman–Crippen MR) is 115 cm³/mol. The van der Waals surface area contributed by atoms with Gasteiger partial charge in [-0.05, 0) is 45.1 Å². The number of hydrogen-bond acceptors (Lipinski definition) is 1. The minimum Gasteiger partial charge on any atom is -0.366 e. The number of nitrogens with two attached hydrogens (primary N) is 1. The second kappa shape index (κ2) is 5.28. The maximum absolute atomic E-state index is 12.4. The lowest BCUT2D eigenvalue weighted by Gasteiger charge is -2.32. The van der Waals surface area contributed by atoms with E-state index in [4.69, 9.17) is 5.73 Å². The number of allylic oxidation sites excluding steroid dienone is 1. The highest BCUT2D eigenvalue weighted by Gasteiger charge is 2.53. The van der Waals surface area contributed by atoms with Crippen molar-refractivity contribution in [3.05, 3.63) is 51.5 Å². The van der Waals surface area contributed by atoms with Crippen molar-refractivity contribution in [1.29, 1.82) is 0 Å². The summed E-state index contributed by atoms with van der Waals surface area (Å²) in [6.45, 7) is 9.80. The van der Waals surface area contributed by atoms with Gasteiger partial charge in [-0.25, -0.2) is 0 Å². The molecule has 0 saturated heterocycles. The number of carbonyl (C=O) groups is 1. The number of fused-ring (bicyclic) bond motifs is 3. The van der Waals surface area contributed by atoms with Crippen molar-refractivity contribution in [2.24, 2.45) is 5.73 Å². The van der Waals surface area contributed by atoms with Crippen LogP contribution in [-0.4, -0.2) is 21.1 Å². The van der Waals surface area contributed by atoms with Crippen LogP contribution in [0.2, 0.25) is 26.2 Å². The summed E-state index contributed by atoms with van der Waals surface area (Å²) in [5, 5.41) is 2.75. The van der Waals surface area contributed by atoms with Crippen molar-refractivity contribution in [2.45, 2.75) is 32.6 Å². The van der Waals surface area contributed by atoms with Crippen molar-refractivity contribution >= 4 is 53.5 Å². The van der Waals surface area contributed by atoms with Gasteiger partial charge in [0, 0.05) is 10.0 Å². The molecule has 1 heterocycles. The molecule has 0 unspecified atom stereocenters. The Hall–Kier alpha value is -1.44. The molecule has 0 atom stereocenters. The highest BCUT2D eigenvalue weighted by Crippen LogP contribution is 2.40. The number of benzene rings is 2. The molecule has 1 aliphatic carbocycles. The number of carbonyl (C=O) groups excluding carboxylic acids is 1. The molecule has 25 heavy (non-hydrogen) atoms. The molecule has 0 fully saturated rings. The van der Waals surface area contributed by atoms with Gasteiger partial charge in [0.1, 0.15) is 0 Å². The fraction of sp³-hybridized carbons (Fsp3) is 0.250. The molecule has 5 heteroatoms. The summed E-state index contributed by atoms with van der Waals surface area (Å²) in [4.78, 5) is 12.4. The smallest absolute Gasteiger partial charge is 0.249 e. The lowest BCUT2D eigenvalue weighted by Crippen LogP contribution is -2.63. The van der Waals surface area contributed by atoms with E-state index in [9.17, 15) is 4.79 Å². The Morgan fingerprint density at radius 2 is 1.88 bits per heavy atom. The Labute approximate surface area is 159 Å². The molecular weight excluding hydrogens is 406 g/mol. The topological polar surface area (TPSA) is 43.1 Å². The quantitative estimate of drug-likeness (QED) is 0.729. The van der Waals surface area contributed by atoms with E-state index in [-0.39, 0.29) is 5.91 Å². The maximum Gasteiger partial charge on any atom is 0.249 e. The first kappa shape index (κ1) is 17.0. The van der Waals surface area contributed by atoms with Gasteiger partial charge in [-0.2, -0.15) is 0 Å². The lowest BCUT2D eigenvalue weighted by molar-refractivity contribution is 0.100. The molecule has 0 aromatic heterocycles. The van der Waals surface area contributed by atoms with Crippen LogP contribution < -0.4 is 16.1 Å². The normalized spacial score (nSPS) is 18.4. The van der Waals surface area contributed by atoms with Gasteiger partial charge >= 0.3 is 0 Å². The third-order valence-corrected chi connectivity index (χ3v) is 25.6. The maximum atomic E-state index is 12.4. The highest BCUT2D eigenvalue weighted by atomic mass is 79.9. The Balaban J connectivity index is 2.15. The third kappa shape index (κ3) is 2.09. The van der Waals surface area contributed by atoms with E-state index in [0.29, 0.717) is 5.56 Å². The van der Waals surface area contributed by atoms with Gasteiger partial charge in [0.25, 0.3) is 0 Å². The molecule has 128 valence electrons. The van der Waals surface area contributed by atoms with Crippen LogP contribution in [0.5, 0.6) is 0 Å². The summed E-state index contributed by atoms with van der Waals surface area (Å²) < 4.78 is 1.24.